The van der Waals surface area contributed by atoms with Gasteiger partial charge in [-0.25, -0.2) is 4.39 Å². The van der Waals surface area contributed by atoms with Crippen LogP contribution in [0.5, 0.6) is 0 Å². The fraction of sp³-hybridized carbons (Fsp3) is 0.160. The quantitative estimate of drug-likeness (QED) is 0.641. The van der Waals surface area contributed by atoms with Crippen molar-refractivity contribution in [3.05, 3.63) is 89.2 Å². The molecule has 0 unspecified atom stereocenters. The van der Waals surface area contributed by atoms with Gasteiger partial charge in [-0.2, -0.15) is 0 Å². The number of hydrogen-bond acceptors (Lipinski definition) is 3. The molecule has 0 spiro atoms. The summed E-state index contributed by atoms with van der Waals surface area (Å²) in [5.74, 6) is -1.82. The minimum atomic E-state index is -1.06. The Morgan fingerprint density at radius 3 is 2.44 bits per heavy atom. The SMILES string of the molecule is Cc1ccc(NC(=O)C[C@@H]2C(=O)Nc3ccccc3N2C(=O)c2ccc(F)cc2)cc1C. The van der Waals surface area contributed by atoms with Crippen molar-refractivity contribution in [3.63, 3.8) is 0 Å². The number of nitrogens with one attached hydrogen (secondary N) is 2. The van der Waals surface area contributed by atoms with Crippen molar-refractivity contribution in [2.45, 2.75) is 26.3 Å². The highest BCUT2D eigenvalue weighted by molar-refractivity contribution is 6.17. The molecule has 1 aliphatic heterocycles. The van der Waals surface area contributed by atoms with E-state index in [1.807, 2.05) is 26.0 Å². The minimum absolute atomic E-state index is 0.218. The number of halogens is 1. The van der Waals surface area contributed by atoms with Crippen LogP contribution in [0.3, 0.4) is 0 Å². The van der Waals surface area contributed by atoms with Crippen molar-refractivity contribution in [2.24, 2.45) is 0 Å². The lowest BCUT2D eigenvalue weighted by Gasteiger charge is -2.36. The first-order chi connectivity index (χ1) is 15.3. The number of hydrogen-bond donors (Lipinski definition) is 2. The van der Waals surface area contributed by atoms with Crippen LogP contribution in [0.25, 0.3) is 0 Å². The first-order valence-electron chi connectivity index (χ1n) is 10.2. The van der Waals surface area contributed by atoms with Crippen molar-refractivity contribution in [1.29, 1.82) is 0 Å². The molecular weight excluding hydrogens is 409 g/mol. The summed E-state index contributed by atoms with van der Waals surface area (Å²) < 4.78 is 13.4. The molecule has 4 rings (SSSR count). The van der Waals surface area contributed by atoms with Crippen molar-refractivity contribution in [1.82, 2.24) is 0 Å². The fourth-order valence-electron chi connectivity index (χ4n) is 3.66. The van der Waals surface area contributed by atoms with E-state index < -0.39 is 29.6 Å². The standard InChI is InChI=1S/C25H22FN3O3/c1-15-7-12-19(13-16(15)2)27-23(30)14-22-24(31)28-20-5-3-4-6-21(20)29(22)25(32)17-8-10-18(26)11-9-17/h3-13,22H,14H2,1-2H3,(H,27,30)(H,28,31)/t22-/m1/s1. The Kier molecular flexibility index (Phi) is 5.73. The molecule has 0 radical (unpaired) electrons. The molecule has 0 fully saturated rings. The molecule has 32 heavy (non-hydrogen) atoms. The lowest BCUT2D eigenvalue weighted by atomic mass is 10.0. The molecule has 7 heteroatoms. The number of amides is 3. The third kappa shape index (κ3) is 4.23. The van der Waals surface area contributed by atoms with E-state index in [1.165, 1.54) is 29.2 Å². The Labute approximate surface area is 185 Å². The summed E-state index contributed by atoms with van der Waals surface area (Å²) in [4.78, 5) is 40.4. The number of fused-ring (bicyclic) bond motifs is 1. The topological polar surface area (TPSA) is 78.5 Å². The molecule has 2 N–H and O–H groups in total. The van der Waals surface area contributed by atoms with E-state index in [0.717, 1.165) is 11.1 Å². The molecule has 3 amide bonds. The van der Waals surface area contributed by atoms with Gasteiger partial charge in [0.15, 0.2) is 0 Å². The van der Waals surface area contributed by atoms with E-state index in [-0.39, 0.29) is 12.0 Å². The Morgan fingerprint density at radius 2 is 1.72 bits per heavy atom. The van der Waals surface area contributed by atoms with E-state index in [0.29, 0.717) is 17.1 Å². The van der Waals surface area contributed by atoms with Gasteiger partial charge in [0.2, 0.25) is 11.8 Å². The van der Waals surface area contributed by atoms with Crippen LogP contribution in [-0.2, 0) is 9.59 Å². The molecule has 1 atom stereocenters. The minimum Gasteiger partial charge on any atom is -0.326 e. The number of aryl methyl sites for hydroxylation is 2. The maximum absolute atomic E-state index is 13.4. The molecule has 0 aromatic heterocycles. The van der Waals surface area contributed by atoms with Gasteiger partial charge in [0.1, 0.15) is 11.9 Å². The lowest BCUT2D eigenvalue weighted by molar-refractivity contribution is -0.122. The number of anilines is 3. The van der Waals surface area contributed by atoms with Gasteiger partial charge < -0.3 is 10.6 Å². The van der Waals surface area contributed by atoms with Crippen LogP contribution in [0.1, 0.15) is 27.9 Å². The van der Waals surface area contributed by atoms with Gasteiger partial charge >= 0.3 is 0 Å². The predicted octanol–water partition coefficient (Wildman–Crippen LogP) is 4.44. The third-order valence-electron chi connectivity index (χ3n) is 5.52. The van der Waals surface area contributed by atoms with E-state index >= 15 is 0 Å². The predicted molar refractivity (Wildman–Crippen MR) is 121 cm³/mol. The van der Waals surface area contributed by atoms with Gasteiger partial charge in [0, 0.05) is 11.3 Å². The smallest absolute Gasteiger partial charge is 0.259 e. The van der Waals surface area contributed by atoms with Gasteiger partial charge in [-0.05, 0) is 73.5 Å². The summed E-state index contributed by atoms with van der Waals surface area (Å²) in [6.07, 6.45) is -0.236. The molecule has 3 aromatic rings. The zero-order valence-corrected chi connectivity index (χ0v) is 17.7. The first kappa shape index (κ1) is 21.2. The molecule has 162 valence electrons. The van der Waals surface area contributed by atoms with Crippen LogP contribution in [0.2, 0.25) is 0 Å². The Hall–Kier alpha value is -4.00. The molecule has 1 heterocycles. The van der Waals surface area contributed by atoms with Gasteiger partial charge in [-0.1, -0.05) is 18.2 Å². The molecule has 0 saturated heterocycles. The van der Waals surface area contributed by atoms with Crippen LogP contribution >= 0.6 is 0 Å². The van der Waals surface area contributed by atoms with Gasteiger partial charge in [-0.3, -0.25) is 19.3 Å². The highest BCUT2D eigenvalue weighted by Gasteiger charge is 2.38. The molecular formula is C25H22FN3O3. The van der Waals surface area contributed by atoms with E-state index in [4.69, 9.17) is 0 Å². The van der Waals surface area contributed by atoms with Crippen LogP contribution in [-0.4, -0.2) is 23.8 Å². The lowest BCUT2D eigenvalue weighted by Crippen LogP contribution is -2.52. The Morgan fingerprint density at radius 1 is 1.00 bits per heavy atom. The average molecular weight is 431 g/mol. The first-order valence-corrected chi connectivity index (χ1v) is 10.2. The maximum Gasteiger partial charge on any atom is 0.259 e. The van der Waals surface area contributed by atoms with Gasteiger partial charge in [-0.15, -0.1) is 0 Å². The largest absolute Gasteiger partial charge is 0.326 e. The van der Waals surface area contributed by atoms with Gasteiger partial charge in [0.25, 0.3) is 5.91 Å². The summed E-state index contributed by atoms with van der Waals surface area (Å²) >= 11 is 0. The second-order valence-electron chi connectivity index (χ2n) is 7.76. The number of benzene rings is 3. The van der Waals surface area contributed by atoms with Crippen molar-refractivity contribution in [3.8, 4) is 0 Å². The summed E-state index contributed by atoms with van der Waals surface area (Å²) in [5, 5.41) is 5.57. The number of rotatable bonds is 4. The van der Waals surface area contributed by atoms with Crippen LogP contribution < -0.4 is 15.5 Å². The second-order valence-corrected chi connectivity index (χ2v) is 7.76. The number of nitrogens with zero attached hydrogens (tertiary/aromatic N) is 1. The average Bonchev–Trinajstić information content (AvgIpc) is 2.77. The molecule has 0 aliphatic carbocycles. The summed E-state index contributed by atoms with van der Waals surface area (Å²) in [5.41, 5.74) is 3.91. The van der Waals surface area contributed by atoms with Crippen LogP contribution in [0, 0.1) is 19.7 Å². The molecule has 6 nitrogen and oxygen atoms in total. The molecule has 3 aromatic carbocycles. The monoisotopic (exact) mass is 431 g/mol. The van der Waals surface area contributed by atoms with Crippen molar-refractivity contribution >= 4 is 34.8 Å². The maximum atomic E-state index is 13.4. The summed E-state index contributed by atoms with van der Waals surface area (Å²) in [6, 6.07) is 16.4. The highest BCUT2D eigenvalue weighted by Crippen LogP contribution is 2.34. The van der Waals surface area contributed by atoms with E-state index in [1.54, 1.807) is 30.3 Å². The number of carbonyl (C=O) groups is 3. The number of para-hydroxylation sites is 2. The molecule has 1 aliphatic rings. The van der Waals surface area contributed by atoms with E-state index in [9.17, 15) is 18.8 Å². The second kappa shape index (κ2) is 8.63. The zero-order valence-electron chi connectivity index (χ0n) is 17.7. The third-order valence-corrected chi connectivity index (χ3v) is 5.52. The van der Waals surface area contributed by atoms with Crippen LogP contribution in [0.4, 0.5) is 21.5 Å². The molecule has 0 saturated carbocycles. The normalized spacial score (nSPS) is 15.0. The molecule has 0 bridgehead atoms. The summed E-state index contributed by atoms with van der Waals surface area (Å²) in [7, 11) is 0. The number of carbonyl (C=O) groups excluding carboxylic acids is 3. The highest BCUT2D eigenvalue weighted by atomic mass is 19.1. The summed E-state index contributed by atoms with van der Waals surface area (Å²) in [6.45, 7) is 3.92. The Bertz CT molecular complexity index is 1210. The van der Waals surface area contributed by atoms with Crippen LogP contribution in [0.15, 0.2) is 66.7 Å². The van der Waals surface area contributed by atoms with Gasteiger partial charge in [0.05, 0.1) is 17.8 Å². The van der Waals surface area contributed by atoms with Crippen molar-refractivity contribution < 1.29 is 18.8 Å². The van der Waals surface area contributed by atoms with E-state index in [2.05, 4.69) is 10.6 Å². The zero-order chi connectivity index (χ0) is 22.8. The Balaban J connectivity index is 1.64. The van der Waals surface area contributed by atoms with Crippen molar-refractivity contribution in [2.75, 3.05) is 15.5 Å². The fourth-order valence-corrected chi connectivity index (χ4v) is 3.66.